The maximum atomic E-state index is 11.7. The van der Waals surface area contributed by atoms with E-state index in [0.29, 0.717) is 5.56 Å². The summed E-state index contributed by atoms with van der Waals surface area (Å²) >= 11 is 14.7. The van der Waals surface area contributed by atoms with Crippen LogP contribution >= 0.6 is 35.8 Å². The quantitative estimate of drug-likeness (QED) is 0.112. The Morgan fingerprint density at radius 1 is 1.14 bits per heavy atom. The Bertz CT molecular complexity index is 976. The van der Waals surface area contributed by atoms with E-state index in [2.05, 4.69) is 23.3 Å². The molecule has 16 heteroatoms. The van der Waals surface area contributed by atoms with Crippen LogP contribution < -0.4 is 16.4 Å². The van der Waals surface area contributed by atoms with Crippen LogP contribution in [0, 0.1) is 0 Å². The number of hydrogen-bond donors (Lipinski definition) is 6. The first-order valence-corrected chi connectivity index (χ1v) is 13.1. The molecule has 0 saturated carbocycles. The number of aliphatic hydroxyl groups excluding tert-OH is 1. The first-order valence-electron chi connectivity index (χ1n) is 9.67. The molecular formula is C19H27Cl2N3O9S2. The van der Waals surface area contributed by atoms with Gasteiger partial charge in [-0.15, -0.1) is 0 Å². The standard InChI is InChI=1S/C14H18Cl2N2O6S.C5H9NO3S/c1-25(22,23)9-4-2-8(3-5-9)12(20)10(7-24-11(19)6-17)18-14(21)13(15)16;1-3(7)6-4(2-10)5(8)9/h2-5,10,12-13,20H,6-7,17H2,1H3,(H,18,21);4,10H,2H2,1H3,(H,6,7)(H,8,9)/t10-,12-;4-/m10/s1. The summed E-state index contributed by atoms with van der Waals surface area (Å²) in [7, 11) is -3.39. The van der Waals surface area contributed by atoms with E-state index in [0.717, 1.165) is 6.26 Å². The predicted octanol–water partition coefficient (Wildman–Crippen LogP) is -0.581. The summed E-state index contributed by atoms with van der Waals surface area (Å²) in [6.07, 6.45) is -0.260. The van der Waals surface area contributed by atoms with Gasteiger partial charge in [-0.3, -0.25) is 14.4 Å². The fourth-order valence-electron chi connectivity index (χ4n) is 2.27. The van der Waals surface area contributed by atoms with Gasteiger partial charge in [0, 0.05) is 18.9 Å². The summed E-state index contributed by atoms with van der Waals surface area (Å²) in [5.74, 6) is -2.84. The van der Waals surface area contributed by atoms with E-state index in [1.807, 2.05) is 0 Å². The molecule has 1 rings (SSSR count). The van der Waals surface area contributed by atoms with Crippen molar-refractivity contribution in [3.63, 3.8) is 0 Å². The number of carbonyl (C=O) groups is 4. The fourth-order valence-corrected chi connectivity index (χ4v) is 3.28. The van der Waals surface area contributed by atoms with Crippen molar-refractivity contribution in [2.45, 2.75) is 34.8 Å². The maximum absolute atomic E-state index is 11.7. The average Bonchev–Trinajstić information content (AvgIpc) is 2.78. The zero-order valence-electron chi connectivity index (χ0n) is 18.7. The molecule has 3 atom stereocenters. The van der Waals surface area contributed by atoms with Crippen LogP contribution in [0.1, 0.15) is 18.6 Å². The Hall–Kier alpha value is -2.10. The van der Waals surface area contributed by atoms with Gasteiger partial charge in [-0.25, -0.2) is 13.2 Å². The van der Waals surface area contributed by atoms with Gasteiger partial charge < -0.3 is 31.3 Å². The van der Waals surface area contributed by atoms with Crippen LogP contribution in [0.5, 0.6) is 0 Å². The molecule has 0 saturated heterocycles. The molecule has 6 N–H and O–H groups in total. The van der Waals surface area contributed by atoms with Crippen molar-refractivity contribution in [2.75, 3.05) is 25.2 Å². The maximum Gasteiger partial charge on any atom is 0.327 e. The number of benzene rings is 1. The molecule has 0 radical (unpaired) electrons. The van der Waals surface area contributed by atoms with Crippen LogP contribution in [-0.4, -0.2) is 84.5 Å². The van der Waals surface area contributed by atoms with Crippen molar-refractivity contribution < 1.29 is 42.5 Å². The fraction of sp³-hybridized carbons (Fsp3) is 0.474. The van der Waals surface area contributed by atoms with Gasteiger partial charge in [0.05, 0.1) is 17.5 Å². The summed E-state index contributed by atoms with van der Waals surface area (Å²) < 4.78 is 27.8. The molecule has 0 aliphatic rings. The second-order valence-electron chi connectivity index (χ2n) is 6.86. The van der Waals surface area contributed by atoms with Crippen molar-refractivity contribution in [3.8, 4) is 0 Å². The third-order valence-corrected chi connectivity index (χ3v) is 5.90. The summed E-state index contributed by atoms with van der Waals surface area (Å²) in [5, 5.41) is 23.3. The lowest BCUT2D eigenvalue weighted by Gasteiger charge is -2.24. The zero-order valence-corrected chi connectivity index (χ0v) is 21.9. The van der Waals surface area contributed by atoms with E-state index in [9.17, 15) is 32.7 Å². The Morgan fingerprint density at radius 3 is 2.03 bits per heavy atom. The van der Waals surface area contributed by atoms with Gasteiger partial charge in [-0.1, -0.05) is 35.3 Å². The number of nitrogens with two attached hydrogens (primary N) is 1. The molecule has 1 aromatic carbocycles. The highest BCUT2D eigenvalue weighted by molar-refractivity contribution is 7.90. The number of thiol groups is 1. The number of halogens is 2. The van der Waals surface area contributed by atoms with Gasteiger partial charge in [-0.05, 0) is 17.7 Å². The van der Waals surface area contributed by atoms with Crippen LogP contribution in [0.2, 0.25) is 0 Å². The molecule has 0 spiro atoms. The molecule has 0 aliphatic carbocycles. The summed E-state index contributed by atoms with van der Waals surface area (Å²) in [4.78, 5) is 42.0. The number of amides is 2. The third-order valence-electron chi connectivity index (χ3n) is 4.01. The monoisotopic (exact) mass is 575 g/mol. The second-order valence-corrected chi connectivity index (χ2v) is 10.3. The summed E-state index contributed by atoms with van der Waals surface area (Å²) in [5.41, 5.74) is 5.42. The Morgan fingerprint density at radius 2 is 1.69 bits per heavy atom. The smallest absolute Gasteiger partial charge is 0.327 e. The number of sulfone groups is 1. The van der Waals surface area contributed by atoms with E-state index in [4.69, 9.17) is 38.8 Å². The molecular weight excluding hydrogens is 549 g/mol. The molecule has 0 fully saturated rings. The van der Waals surface area contributed by atoms with Crippen molar-refractivity contribution in [2.24, 2.45) is 5.73 Å². The van der Waals surface area contributed by atoms with Crippen LogP contribution in [-0.2, 0) is 33.8 Å². The van der Waals surface area contributed by atoms with E-state index >= 15 is 0 Å². The number of alkyl halides is 2. The normalized spacial score (nSPS) is 13.5. The molecule has 12 nitrogen and oxygen atoms in total. The molecule has 198 valence electrons. The number of nitrogens with one attached hydrogen (secondary N) is 2. The van der Waals surface area contributed by atoms with E-state index in [1.54, 1.807) is 0 Å². The van der Waals surface area contributed by atoms with Crippen molar-refractivity contribution in [1.82, 2.24) is 10.6 Å². The zero-order chi connectivity index (χ0) is 27.3. The van der Waals surface area contributed by atoms with Gasteiger partial charge in [-0.2, -0.15) is 12.6 Å². The molecule has 2 amide bonds. The molecule has 0 unspecified atom stereocenters. The average molecular weight is 576 g/mol. The molecule has 0 bridgehead atoms. The Labute approximate surface area is 217 Å². The van der Waals surface area contributed by atoms with Crippen LogP contribution in [0.4, 0.5) is 0 Å². The van der Waals surface area contributed by atoms with Gasteiger partial charge in [0.15, 0.2) is 14.7 Å². The number of hydrogen-bond acceptors (Lipinski definition) is 10. The Kier molecular flexibility index (Phi) is 14.9. The first-order chi connectivity index (χ1) is 16.1. The number of aliphatic carboxylic acids is 1. The lowest BCUT2D eigenvalue weighted by Crippen LogP contribution is -2.45. The van der Waals surface area contributed by atoms with Crippen molar-refractivity contribution in [3.05, 3.63) is 29.8 Å². The van der Waals surface area contributed by atoms with Crippen LogP contribution in [0.3, 0.4) is 0 Å². The molecule has 1 aromatic rings. The Balaban J connectivity index is 0.000000972. The number of ether oxygens (including phenoxy) is 1. The minimum atomic E-state index is -3.39. The minimum absolute atomic E-state index is 0.0696. The van der Waals surface area contributed by atoms with Gasteiger partial charge in [0.25, 0.3) is 5.91 Å². The van der Waals surface area contributed by atoms with E-state index in [1.165, 1.54) is 31.2 Å². The predicted molar refractivity (Wildman–Crippen MR) is 131 cm³/mol. The van der Waals surface area contributed by atoms with Gasteiger partial charge in [0.2, 0.25) is 5.91 Å². The minimum Gasteiger partial charge on any atom is -0.480 e. The molecule has 0 heterocycles. The van der Waals surface area contributed by atoms with Gasteiger partial charge in [0.1, 0.15) is 18.8 Å². The molecule has 0 aromatic heterocycles. The largest absolute Gasteiger partial charge is 0.480 e. The number of carbonyl (C=O) groups excluding carboxylic acids is 3. The van der Waals surface area contributed by atoms with E-state index < -0.39 is 50.7 Å². The number of carboxylic acid groups (broad SMARTS) is 1. The SMILES string of the molecule is CC(=O)N[C@@H](CS)C(=O)O.CS(=O)(=O)c1ccc([C@@H](O)[C@@H](COC(=O)CN)NC(=O)C(Cl)Cl)cc1. The van der Waals surface area contributed by atoms with Crippen molar-refractivity contribution >= 4 is 69.4 Å². The highest BCUT2D eigenvalue weighted by Gasteiger charge is 2.26. The molecule has 35 heavy (non-hydrogen) atoms. The topological polar surface area (TPSA) is 202 Å². The lowest BCUT2D eigenvalue weighted by molar-refractivity contribution is -0.144. The van der Waals surface area contributed by atoms with E-state index in [-0.39, 0.29) is 29.7 Å². The number of rotatable bonds is 11. The summed E-state index contributed by atoms with van der Waals surface area (Å²) in [6, 6.07) is 3.44. The van der Waals surface area contributed by atoms with Crippen LogP contribution in [0.25, 0.3) is 0 Å². The lowest BCUT2D eigenvalue weighted by atomic mass is 10.0. The third kappa shape index (κ3) is 13.0. The second kappa shape index (κ2) is 15.8. The van der Waals surface area contributed by atoms with Crippen molar-refractivity contribution in [1.29, 1.82) is 0 Å². The first kappa shape index (κ1) is 32.9. The van der Waals surface area contributed by atoms with Gasteiger partial charge >= 0.3 is 11.9 Å². The van der Waals surface area contributed by atoms with Crippen LogP contribution in [0.15, 0.2) is 29.2 Å². The highest BCUT2D eigenvalue weighted by Crippen LogP contribution is 2.20. The highest BCUT2D eigenvalue weighted by atomic mass is 35.5. The number of carboxylic acids is 1. The molecule has 0 aliphatic heterocycles. The number of esters is 1. The number of aliphatic hydroxyl groups is 1. The summed E-state index contributed by atoms with van der Waals surface area (Å²) in [6.45, 7) is 0.518.